The molecule has 1 aromatic heterocycles. The van der Waals surface area contributed by atoms with E-state index in [0.29, 0.717) is 11.3 Å². The van der Waals surface area contributed by atoms with Crippen LogP contribution in [0.25, 0.3) is 16.7 Å². The van der Waals surface area contributed by atoms with E-state index in [9.17, 15) is 9.90 Å². The van der Waals surface area contributed by atoms with Gasteiger partial charge in [0.2, 0.25) is 0 Å². The van der Waals surface area contributed by atoms with Crippen molar-refractivity contribution in [3.8, 4) is 11.4 Å². The maximum Gasteiger partial charge on any atom is 0.317 e. The summed E-state index contributed by atoms with van der Waals surface area (Å²) in [6.45, 7) is 5.09. The molecule has 0 aliphatic rings. The number of ether oxygens (including phenoxy) is 1. The van der Waals surface area contributed by atoms with E-state index in [2.05, 4.69) is 16.8 Å². The number of phenols is 1. The fourth-order valence-corrected chi connectivity index (χ4v) is 2.26. The fourth-order valence-electron chi connectivity index (χ4n) is 2.26. The summed E-state index contributed by atoms with van der Waals surface area (Å²) in [5.41, 5.74) is 2.52. The summed E-state index contributed by atoms with van der Waals surface area (Å²) in [4.78, 5) is 13.2. The molecule has 0 saturated heterocycles. The number of phenolic OH excluding ortho intramolecular Hbond substituents is 1. The number of carbonyl (C=O) groups excluding carboxylic acids is 1. The molecule has 1 atom stereocenters. The summed E-state index contributed by atoms with van der Waals surface area (Å²) in [7, 11) is 0. The Morgan fingerprint density at radius 3 is 2.52 bits per heavy atom. The zero-order valence-corrected chi connectivity index (χ0v) is 12.5. The van der Waals surface area contributed by atoms with Gasteiger partial charge in [-0.2, -0.15) is 0 Å². The number of carbonyl (C=O) groups is 1. The van der Waals surface area contributed by atoms with E-state index >= 15 is 0 Å². The van der Waals surface area contributed by atoms with Crippen LogP contribution in [-0.4, -0.2) is 26.1 Å². The van der Waals surface area contributed by atoms with E-state index in [1.807, 2.05) is 24.3 Å². The van der Waals surface area contributed by atoms with Crippen molar-refractivity contribution in [2.24, 2.45) is 0 Å². The van der Waals surface area contributed by atoms with Crippen LogP contribution in [0.15, 0.2) is 55.3 Å². The van der Waals surface area contributed by atoms with E-state index in [1.165, 1.54) is 10.9 Å². The Bertz CT molecular complexity index is 853. The van der Waals surface area contributed by atoms with Crippen molar-refractivity contribution >= 4 is 17.0 Å². The Kier molecular flexibility index (Phi) is 3.80. The minimum absolute atomic E-state index is 0.0262. The number of rotatable bonds is 4. The molecule has 0 aliphatic carbocycles. The number of hydrogen-bond donors (Lipinski definition) is 1. The first-order valence-electron chi connectivity index (χ1n) is 7.07. The SMILES string of the molecule is C=COC(=O)C(C)c1ccc(O)c(-n2nc3ccccc3n2)c1. The van der Waals surface area contributed by atoms with E-state index in [1.54, 1.807) is 19.1 Å². The molecule has 2 aromatic carbocycles. The largest absolute Gasteiger partial charge is 0.506 e. The average Bonchev–Trinajstić information content (AvgIpc) is 2.98. The molecule has 0 fully saturated rings. The predicted octanol–water partition coefficient (Wildman–Crippen LogP) is 2.92. The van der Waals surface area contributed by atoms with Crippen molar-refractivity contribution in [1.29, 1.82) is 0 Å². The van der Waals surface area contributed by atoms with Crippen molar-refractivity contribution in [2.75, 3.05) is 0 Å². The van der Waals surface area contributed by atoms with Crippen LogP contribution in [0.5, 0.6) is 5.75 Å². The van der Waals surface area contributed by atoms with Gasteiger partial charge in [0, 0.05) is 0 Å². The Labute approximate surface area is 132 Å². The van der Waals surface area contributed by atoms with Gasteiger partial charge in [-0.25, -0.2) is 0 Å². The molecular weight excluding hydrogens is 294 g/mol. The average molecular weight is 309 g/mol. The second-order valence-electron chi connectivity index (χ2n) is 5.05. The topological polar surface area (TPSA) is 77.2 Å². The molecule has 0 saturated carbocycles. The zero-order valence-electron chi connectivity index (χ0n) is 12.5. The highest BCUT2D eigenvalue weighted by atomic mass is 16.5. The number of benzene rings is 2. The Hall–Kier alpha value is -3.15. The Morgan fingerprint density at radius 2 is 1.91 bits per heavy atom. The first-order chi connectivity index (χ1) is 11.1. The van der Waals surface area contributed by atoms with Gasteiger partial charge in [-0.3, -0.25) is 4.79 Å². The van der Waals surface area contributed by atoms with Crippen molar-refractivity contribution in [3.63, 3.8) is 0 Å². The van der Waals surface area contributed by atoms with Gasteiger partial charge in [0.1, 0.15) is 22.5 Å². The highest BCUT2D eigenvalue weighted by molar-refractivity contribution is 5.78. The quantitative estimate of drug-likeness (QED) is 0.592. The first-order valence-corrected chi connectivity index (χ1v) is 7.07. The zero-order chi connectivity index (χ0) is 16.4. The third kappa shape index (κ3) is 2.78. The van der Waals surface area contributed by atoms with Gasteiger partial charge in [0.15, 0.2) is 0 Å². The van der Waals surface area contributed by atoms with Gasteiger partial charge in [-0.05, 0) is 36.8 Å². The van der Waals surface area contributed by atoms with Crippen LogP contribution in [0, 0.1) is 0 Å². The highest BCUT2D eigenvalue weighted by Gasteiger charge is 2.18. The summed E-state index contributed by atoms with van der Waals surface area (Å²) >= 11 is 0. The molecule has 3 aromatic rings. The first kappa shape index (κ1) is 14.8. The van der Waals surface area contributed by atoms with Gasteiger partial charge in [-0.1, -0.05) is 24.8 Å². The molecule has 6 nitrogen and oxygen atoms in total. The smallest absolute Gasteiger partial charge is 0.317 e. The molecule has 1 unspecified atom stereocenters. The molecule has 6 heteroatoms. The number of fused-ring (bicyclic) bond motifs is 1. The number of nitrogens with zero attached hydrogens (tertiary/aromatic N) is 3. The minimum atomic E-state index is -0.502. The lowest BCUT2D eigenvalue weighted by Gasteiger charge is -2.11. The summed E-state index contributed by atoms with van der Waals surface area (Å²) in [5.74, 6) is -0.897. The van der Waals surface area contributed by atoms with Gasteiger partial charge in [0.25, 0.3) is 0 Å². The maximum atomic E-state index is 11.8. The van der Waals surface area contributed by atoms with Gasteiger partial charge < -0.3 is 9.84 Å². The summed E-state index contributed by atoms with van der Waals surface area (Å²) < 4.78 is 4.81. The molecule has 0 amide bonds. The molecule has 0 bridgehead atoms. The molecule has 3 rings (SSSR count). The van der Waals surface area contributed by atoms with Crippen molar-refractivity contribution in [3.05, 3.63) is 60.9 Å². The van der Waals surface area contributed by atoms with Crippen LogP contribution in [0.2, 0.25) is 0 Å². The number of hydrogen-bond acceptors (Lipinski definition) is 5. The van der Waals surface area contributed by atoms with Crippen molar-refractivity contribution in [1.82, 2.24) is 15.0 Å². The van der Waals surface area contributed by atoms with Crippen LogP contribution in [-0.2, 0) is 9.53 Å². The van der Waals surface area contributed by atoms with Crippen LogP contribution in [0.1, 0.15) is 18.4 Å². The van der Waals surface area contributed by atoms with Crippen molar-refractivity contribution in [2.45, 2.75) is 12.8 Å². The standard InChI is InChI=1S/C17H15N3O3/c1-3-23-17(22)11(2)12-8-9-16(21)15(10-12)20-18-13-6-4-5-7-14(13)19-20/h3-11,21H,1H2,2H3. The predicted molar refractivity (Wildman–Crippen MR) is 85.2 cm³/mol. The lowest BCUT2D eigenvalue weighted by atomic mass is 10.0. The van der Waals surface area contributed by atoms with Crippen LogP contribution >= 0.6 is 0 Å². The molecule has 1 heterocycles. The van der Waals surface area contributed by atoms with E-state index in [0.717, 1.165) is 17.3 Å². The third-order valence-electron chi connectivity index (χ3n) is 3.55. The van der Waals surface area contributed by atoms with Crippen LogP contribution in [0.3, 0.4) is 0 Å². The molecule has 116 valence electrons. The molecule has 0 spiro atoms. The van der Waals surface area contributed by atoms with E-state index in [-0.39, 0.29) is 5.75 Å². The summed E-state index contributed by atoms with van der Waals surface area (Å²) in [6, 6.07) is 12.3. The van der Waals surface area contributed by atoms with Crippen LogP contribution < -0.4 is 0 Å². The second-order valence-corrected chi connectivity index (χ2v) is 5.05. The molecule has 23 heavy (non-hydrogen) atoms. The number of aromatic hydroxyl groups is 1. The molecular formula is C17H15N3O3. The number of esters is 1. The fraction of sp³-hybridized carbons (Fsp3) is 0.118. The van der Waals surface area contributed by atoms with Gasteiger partial charge in [0.05, 0.1) is 12.2 Å². The molecule has 0 radical (unpaired) electrons. The third-order valence-corrected chi connectivity index (χ3v) is 3.55. The van der Waals surface area contributed by atoms with Gasteiger partial charge in [-0.15, -0.1) is 15.0 Å². The van der Waals surface area contributed by atoms with Gasteiger partial charge >= 0.3 is 5.97 Å². The Balaban J connectivity index is 2.03. The summed E-state index contributed by atoms with van der Waals surface area (Å²) in [6.07, 6.45) is 1.10. The monoisotopic (exact) mass is 309 g/mol. The molecule has 0 aliphatic heterocycles. The van der Waals surface area contributed by atoms with E-state index < -0.39 is 11.9 Å². The lowest BCUT2D eigenvalue weighted by molar-refractivity contribution is -0.139. The summed E-state index contributed by atoms with van der Waals surface area (Å²) in [5, 5.41) is 18.8. The molecule has 1 N–H and O–H groups in total. The number of aromatic nitrogens is 3. The van der Waals surface area contributed by atoms with Crippen LogP contribution in [0.4, 0.5) is 0 Å². The normalized spacial score (nSPS) is 12.0. The van der Waals surface area contributed by atoms with Crippen molar-refractivity contribution < 1.29 is 14.6 Å². The highest BCUT2D eigenvalue weighted by Crippen LogP contribution is 2.27. The minimum Gasteiger partial charge on any atom is -0.506 e. The lowest BCUT2D eigenvalue weighted by Crippen LogP contribution is -2.11. The maximum absolute atomic E-state index is 11.8. The van der Waals surface area contributed by atoms with E-state index in [4.69, 9.17) is 4.74 Å². The second kappa shape index (κ2) is 5.92. The Morgan fingerprint density at radius 1 is 1.26 bits per heavy atom.